The molecule has 4 unspecified atom stereocenters. The Hall–Kier alpha value is -1.11. The van der Waals surface area contributed by atoms with E-state index in [-0.39, 0.29) is 31.6 Å². The van der Waals surface area contributed by atoms with Gasteiger partial charge in [0.1, 0.15) is 11.5 Å². The van der Waals surface area contributed by atoms with E-state index in [0.717, 1.165) is 28.1 Å². The largest absolute Gasteiger partial charge is 0.497 e. The van der Waals surface area contributed by atoms with Crippen LogP contribution in [0.2, 0.25) is 0 Å². The molecule has 2 aromatic carbocycles. The van der Waals surface area contributed by atoms with Gasteiger partial charge in [0, 0.05) is 31.6 Å². The summed E-state index contributed by atoms with van der Waals surface area (Å²) in [5.74, 6) is 5.60. The molecule has 2 nitrogen and oxygen atoms in total. The van der Waals surface area contributed by atoms with Crippen molar-refractivity contribution in [2.75, 3.05) is 14.2 Å². The summed E-state index contributed by atoms with van der Waals surface area (Å²) in [6.07, 6.45) is 0. The summed E-state index contributed by atoms with van der Waals surface area (Å²) in [7, 11) is 2.70. The molecule has 4 saturated heterocycles. The predicted molar refractivity (Wildman–Crippen MR) is 167 cm³/mol. The zero-order valence-corrected chi connectivity index (χ0v) is 27.6. The highest BCUT2D eigenvalue weighted by molar-refractivity contribution is 8.09. The number of benzene rings is 2. The Kier molecular flexibility index (Phi) is 5.70. The van der Waals surface area contributed by atoms with Crippen molar-refractivity contribution in [3.05, 3.63) is 59.7 Å². The van der Waals surface area contributed by atoms with Gasteiger partial charge in [-0.2, -0.15) is 0 Å². The molecule has 4 fully saturated rings. The van der Waals surface area contributed by atoms with Gasteiger partial charge in [-0.15, -0.1) is 0 Å². The number of methoxy groups -OCH3 is 2. The second-order valence-electron chi connectivity index (χ2n) is 14.6. The standard InChI is InChI=1S/C33H43O2P3/c1-28(2,3)27-37-26-31(23-14-18-25(35-11)19-15-23)33(38(27)31,30(7,8)9)36(32(26,37)29(4,5)6)21-20-22-12-16-24(34-10)17-13-22/h12-19,26-27H,1-11H3/t26-,27?,31+,32-,33-,36?,37?,38?/m1/s1. The molecule has 202 valence electrons. The highest BCUT2D eigenvalue weighted by Gasteiger charge is 3.08. The summed E-state index contributed by atoms with van der Waals surface area (Å²) in [6, 6.07) is 17.7. The van der Waals surface area contributed by atoms with E-state index < -0.39 is 7.92 Å². The van der Waals surface area contributed by atoms with Crippen LogP contribution in [0.3, 0.4) is 0 Å². The molecule has 0 aromatic heterocycles. The van der Waals surface area contributed by atoms with E-state index in [0.29, 0.717) is 15.5 Å². The highest BCUT2D eigenvalue weighted by Crippen LogP contribution is 3.28. The first-order valence-electron chi connectivity index (χ1n) is 13.8. The molecular formula is C33H43O2P3. The van der Waals surface area contributed by atoms with Crippen LogP contribution in [0, 0.1) is 27.8 Å². The number of ether oxygens (including phenoxy) is 2. The fourth-order valence-corrected chi connectivity index (χ4v) is 31.6. The van der Waals surface area contributed by atoms with Crippen molar-refractivity contribution in [1.29, 1.82) is 0 Å². The van der Waals surface area contributed by atoms with Crippen LogP contribution in [0.15, 0.2) is 48.5 Å². The Labute approximate surface area is 234 Å². The Morgan fingerprint density at radius 1 is 0.737 bits per heavy atom. The average Bonchev–Trinajstić information content (AvgIpc) is 3.65. The quantitative estimate of drug-likeness (QED) is 0.273. The van der Waals surface area contributed by atoms with Crippen molar-refractivity contribution >= 4 is 23.8 Å². The van der Waals surface area contributed by atoms with Crippen LogP contribution in [0.4, 0.5) is 0 Å². The van der Waals surface area contributed by atoms with E-state index in [1.54, 1.807) is 19.8 Å². The molecule has 0 N–H and O–H groups in total. The smallest absolute Gasteiger partial charge is 0.118 e. The predicted octanol–water partition coefficient (Wildman–Crippen LogP) is 9.63. The fourth-order valence-electron chi connectivity index (χ4n) is 8.60. The maximum Gasteiger partial charge on any atom is 0.118 e. The maximum atomic E-state index is 5.60. The van der Waals surface area contributed by atoms with Crippen LogP contribution < -0.4 is 9.47 Å². The SMILES string of the molecule is COc1ccc(C#CP2[C@]3(C(C)(C)C)[C@@H]4P3C(C(C)(C)C)P3[C@]2(C(C)(C)C)[C@]43c2ccc(OC)cc2)cc1. The van der Waals surface area contributed by atoms with Gasteiger partial charge in [0.25, 0.3) is 0 Å². The molecule has 0 saturated carbocycles. The van der Waals surface area contributed by atoms with Crippen molar-refractivity contribution in [3.8, 4) is 23.1 Å². The van der Waals surface area contributed by atoms with Crippen LogP contribution in [0.1, 0.15) is 73.4 Å². The third-order valence-electron chi connectivity index (χ3n) is 9.62. The molecule has 4 aliphatic rings. The van der Waals surface area contributed by atoms with Gasteiger partial charge in [0.15, 0.2) is 0 Å². The molecule has 4 heterocycles. The molecule has 0 aliphatic carbocycles. The second kappa shape index (κ2) is 8.00. The molecule has 5 heteroatoms. The lowest BCUT2D eigenvalue weighted by Gasteiger charge is -2.51. The summed E-state index contributed by atoms with van der Waals surface area (Å²) in [6.45, 7) is 22.9. The normalized spacial score (nSPS) is 38.2. The minimum atomic E-state index is -0.512. The zero-order valence-electron chi connectivity index (χ0n) is 24.9. The maximum absolute atomic E-state index is 5.60. The number of hydrogen-bond donors (Lipinski definition) is 0. The number of rotatable bonds is 3. The van der Waals surface area contributed by atoms with Crippen molar-refractivity contribution < 1.29 is 9.47 Å². The van der Waals surface area contributed by atoms with Crippen molar-refractivity contribution in [3.63, 3.8) is 0 Å². The minimum Gasteiger partial charge on any atom is -0.497 e. The molecule has 2 aromatic rings. The van der Waals surface area contributed by atoms with Gasteiger partial charge < -0.3 is 9.47 Å². The first-order chi connectivity index (χ1) is 17.7. The van der Waals surface area contributed by atoms with Gasteiger partial charge in [-0.1, -0.05) is 102 Å². The third-order valence-corrected chi connectivity index (χ3v) is 26.2. The van der Waals surface area contributed by atoms with E-state index in [4.69, 9.17) is 9.47 Å². The van der Waals surface area contributed by atoms with Gasteiger partial charge in [-0.25, -0.2) is 0 Å². The first-order valence-corrected chi connectivity index (χ1v) is 18.1. The molecule has 0 spiro atoms. The molecule has 0 bridgehead atoms. The Balaban J connectivity index is 1.61. The molecule has 38 heavy (non-hydrogen) atoms. The van der Waals surface area contributed by atoms with Crippen LogP contribution >= 0.6 is 23.8 Å². The van der Waals surface area contributed by atoms with Crippen LogP contribution in [-0.4, -0.2) is 35.1 Å². The highest BCUT2D eigenvalue weighted by atomic mass is 31.2. The third kappa shape index (κ3) is 2.93. The van der Waals surface area contributed by atoms with E-state index >= 15 is 0 Å². The molecule has 0 amide bonds. The van der Waals surface area contributed by atoms with E-state index in [1.807, 2.05) is 12.1 Å². The van der Waals surface area contributed by atoms with Crippen LogP contribution in [0.5, 0.6) is 11.5 Å². The van der Waals surface area contributed by atoms with E-state index in [9.17, 15) is 0 Å². The number of fused-ring (bicyclic) bond motifs is 2. The fraction of sp³-hybridized carbons (Fsp3) is 0.576. The Morgan fingerprint density at radius 2 is 1.26 bits per heavy atom. The average molecular weight is 565 g/mol. The van der Waals surface area contributed by atoms with Gasteiger partial charge in [0.2, 0.25) is 0 Å². The summed E-state index contributed by atoms with van der Waals surface area (Å²) in [5, 5.41) is 1.14. The Morgan fingerprint density at radius 3 is 1.71 bits per heavy atom. The molecule has 8 atom stereocenters. The monoisotopic (exact) mass is 564 g/mol. The zero-order chi connectivity index (χ0) is 27.7. The second-order valence-corrected chi connectivity index (χ2v) is 23.2. The minimum absolute atomic E-state index is 0.0931. The van der Waals surface area contributed by atoms with E-state index in [2.05, 4.69) is 110 Å². The first kappa shape index (κ1) is 27.1. The lowest BCUT2D eigenvalue weighted by molar-refractivity contribution is 0.349. The lowest BCUT2D eigenvalue weighted by Crippen LogP contribution is -2.39. The van der Waals surface area contributed by atoms with Crippen molar-refractivity contribution in [1.82, 2.24) is 0 Å². The summed E-state index contributed by atoms with van der Waals surface area (Å²) < 4.78 is 11.0. The van der Waals surface area contributed by atoms with Gasteiger partial charge in [-0.3, -0.25) is 0 Å². The summed E-state index contributed by atoms with van der Waals surface area (Å²) >= 11 is 0. The molecule has 0 radical (unpaired) electrons. The van der Waals surface area contributed by atoms with Crippen molar-refractivity contribution in [2.24, 2.45) is 16.2 Å². The molecule has 4 aliphatic heterocycles. The van der Waals surface area contributed by atoms with Crippen LogP contribution in [0.25, 0.3) is 0 Å². The molecular weight excluding hydrogens is 521 g/mol. The molecule has 6 rings (SSSR count). The van der Waals surface area contributed by atoms with Gasteiger partial charge in [-0.05, 0) is 66.1 Å². The van der Waals surface area contributed by atoms with Gasteiger partial charge >= 0.3 is 0 Å². The van der Waals surface area contributed by atoms with Crippen molar-refractivity contribution in [2.45, 2.75) is 88.3 Å². The van der Waals surface area contributed by atoms with Crippen LogP contribution in [-0.2, 0) is 5.16 Å². The Bertz CT molecular complexity index is 1330. The lowest BCUT2D eigenvalue weighted by atomic mass is 9.76. The topological polar surface area (TPSA) is 18.5 Å². The number of hydrogen-bond acceptors (Lipinski definition) is 2. The summed E-state index contributed by atoms with van der Waals surface area (Å²) in [5.41, 5.74) is 8.40. The van der Waals surface area contributed by atoms with Gasteiger partial charge in [0.05, 0.1) is 14.2 Å². The van der Waals surface area contributed by atoms with E-state index in [1.165, 1.54) is 0 Å². The summed E-state index contributed by atoms with van der Waals surface area (Å²) in [4.78, 5) is 0.644.